The summed E-state index contributed by atoms with van der Waals surface area (Å²) < 4.78 is 9.13. The fraction of sp³-hybridized carbons (Fsp3) is 0.471. The molecule has 0 unspecified atom stereocenters. The molecule has 0 N–H and O–H groups in total. The third-order valence-electron chi connectivity index (χ3n) is 3.96. The molecule has 26 heavy (non-hydrogen) atoms. The highest BCUT2D eigenvalue weighted by atomic mass is 16.5. The molecule has 0 saturated carbocycles. The fourth-order valence-corrected chi connectivity index (χ4v) is 2.59. The van der Waals surface area contributed by atoms with Gasteiger partial charge in [0.05, 0.1) is 19.8 Å². The number of pyridine rings is 1. The first-order chi connectivity index (χ1) is 12.5. The molecule has 0 bridgehead atoms. The topological polar surface area (TPSA) is 106 Å². The van der Waals surface area contributed by atoms with Crippen LogP contribution in [0.25, 0.3) is 0 Å². The first-order valence-electron chi connectivity index (χ1n) is 8.21. The SMILES string of the molecule is COC(=O)CCCC(=O)N1CCCN1C(=O)c1ccc(C(=O)OC)cn1. The van der Waals surface area contributed by atoms with E-state index in [-0.39, 0.29) is 36.0 Å². The van der Waals surface area contributed by atoms with Crippen LogP contribution in [0.3, 0.4) is 0 Å². The smallest absolute Gasteiger partial charge is 0.339 e. The monoisotopic (exact) mass is 363 g/mol. The summed E-state index contributed by atoms with van der Waals surface area (Å²) in [5, 5.41) is 2.73. The van der Waals surface area contributed by atoms with Crippen molar-refractivity contribution >= 4 is 23.8 Å². The van der Waals surface area contributed by atoms with Gasteiger partial charge in [-0.1, -0.05) is 0 Å². The molecule has 0 radical (unpaired) electrons. The van der Waals surface area contributed by atoms with E-state index in [4.69, 9.17) is 0 Å². The first-order valence-corrected chi connectivity index (χ1v) is 8.21. The van der Waals surface area contributed by atoms with Crippen molar-refractivity contribution in [3.05, 3.63) is 29.6 Å². The lowest BCUT2D eigenvalue weighted by atomic mass is 10.2. The van der Waals surface area contributed by atoms with Gasteiger partial charge >= 0.3 is 11.9 Å². The van der Waals surface area contributed by atoms with Crippen LogP contribution < -0.4 is 0 Å². The number of amides is 2. The summed E-state index contributed by atoms with van der Waals surface area (Å²) in [7, 11) is 2.55. The molecule has 0 spiro atoms. The molecule has 2 amide bonds. The molecule has 1 aliphatic heterocycles. The van der Waals surface area contributed by atoms with Crippen LogP contribution in [-0.2, 0) is 19.1 Å². The zero-order valence-corrected chi connectivity index (χ0v) is 14.8. The van der Waals surface area contributed by atoms with Gasteiger partial charge < -0.3 is 9.47 Å². The third kappa shape index (κ3) is 4.56. The summed E-state index contributed by atoms with van der Waals surface area (Å²) in [6.07, 6.45) is 2.58. The van der Waals surface area contributed by atoms with E-state index in [1.807, 2.05) is 0 Å². The maximum Gasteiger partial charge on any atom is 0.339 e. The minimum absolute atomic E-state index is 0.131. The molecular formula is C17H21N3O6. The van der Waals surface area contributed by atoms with E-state index < -0.39 is 11.9 Å². The number of carbonyl (C=O) groups is 4. The zero-order chi connectivity index (χ0) is 19.1. The van der Waals surface area contributed by atoms with Crippen molar-refractivity contribution in [2.75, 3.05) is 27.3 Å². The van der Waals surface area contributed by atoms with Gasteiger partial charge in [-0.15, -0.1) is 0 Å². The molecule has 1 aliphatic rings. The van der Waals surface area contributed by atoms with E-state index in [0.717, 1.165) is 0 Å². The number of esters is 2. The highest BCUT2D eigenvalue weighted by Gasteiger charge is 2.31. The lowest BCUT2D eigenvalue weighted by Crippen LogP contribution is -2.45. The molecule has 9 heteroatoms. The second-order valence-electron chi connectivity index (χ2n) is 5.65. The lowest BCUT2D eigenvalue weighted by Gasteiger charge is -2.27. The van der Waals surface area contributed by atoms with Gasteiger partial charge in [0.1, 0.15) is 5.69 Å². The van der Waals surface area contributed by atoms with Crippen molar-refractivity contribution in [3.63, 3.8) is 0 Å². The number of methoxy groups -OCH3 is 2. The quantitative estimate of drug-likeness (QED) is 0.688. The molecule has 1 aromatic heterocycles. The minimum atomic E-state index is -0.542. The summed E-state index contributed by atoms with van der Waals surface area (Å²) in [5.41, 5.74) is 0.369. The highest BCUT2D eigenvalue weighted by Crippen LogP contribution is 2.17. The zero-order valence-electron chi connectivity index (χ0n) is 14.8. The largest absolute Gasteiger partial charge is 0.469 e. The summed E-state index contributed by atoms with van der Waals surface area (Å²) in [6, 6.07) is 2.87. The summed E-state index contributed by atoms with van der Waals surface area (Å²) in [6.45, 7) is 0.838. The van der Waals surface area contributed by atoms with Crippen molar-refractivity contribution in [1.82, 2.24) is 15.0 Å². The number of hydrogen-bond donors (Lipinski definition) is 0. The Balaban J connectivity index is 1.99. The van der Waals surface area contributed by atoms with Crippen LogP contribution >= 0.6 is 0 Å². The van der Waals surface area contributed by atoms with Crippen LogP contribution in [0.15, 0.2) is 18.3 Å². The van der Waals surface area contributed by atoms with Crippen molar-refractivity contribution in [3.8, 4) is 0 Å². The van der Waals surface area contributed by atoms with Crippen LogP contribution in [0.5, 0.6) is 0 Å². The van der Waals surface area contributed by atoms with Gasteiger partial charge in [0.2, 0.25) is 5.91 Å². The van der Waals surface area contributed by atoms with Crippen molar-refractivity contribution < 1.29 is 28.7 Å². The number of carbonyl (C=O) groups excluding carboxylic acids is 4. The third-order valence-corrected chi connectivity index (χ3v) is 3.96. The van der Waals surface area contributed by atoms with Gasteiger partial charge in [-0.3, -0.25) is 24.4 Å². The molecule has 0 aromatic carbocycles. The van der Waals surface area contributed by atoms with E-state index in [1.54, 1.807) is 0 Å². The molecule has 1 fully saturated rings. The molecular weight excluding hydrogens is 342 g/mol. The number of ether oxygens (including phenoxy) is 2. The van der Waals surface area contributed by atoms with E-state index in [0.29, 0.717) is 25.9 Å². The van der Waals surface area contributed by atoms with Gasteiger partial charge in [-0.05, 0) is 25.0 Å². The Morgan fingerprint density at radius 1 is 1.04 bits per heavy atom. The Hall–Kier alpha value is -2.97. The lowest BCUT2D eigenvalue weighted by molar-refractivity contribution is -0.142. The van der Waals surface area contributed by atoms with Crippen LogP contribution in [0.4, 0.5) is 0 Å². The number of rotatable bonds is 6. The van der Waals surface area contributed by atoms with E-state index >= 15 is 0 Å². The molecule has 2 heterocycles. The molecule has 1 saturated heterocycles. The number of hydrazine groups is 1. The van der Waals surface area contributed by atoms with Gasteiger partial charge in [-0.25, -0.2) is 9.80 Å². The standard InChI is InChI=1S/C17H21N3O6/c1-25-15(22)6-3-5-14(21)19-9-4-10-20(19)16(23)13-8-7-12(11-18-13)17(24)26-2/h7-8,11H,3-6,9-10H2,1-2H3. The van der Waals surface area contributed by atoms with Gasteiger partial charge in [0.25, 0.3) is 5.91 Å². The predicted octanol–water partition coefficient (Wildman–Crippen LogP) is 0.801. The number of nitrogens with zero attached hydrogens (tertiary/aromatic N) is 3. The Morgan fingerprint density at radius 2 is 1.77 bits per heavy atom. The Labute approximate surface area is 150 Å². The second-order valence-corrected chi connectivity index (χ2v) is 5.65. The van der Waals surface area contributed by atoms with Crippen molar-refractivity contribution in [2.24, 2.45) is 0 Å². The molecule has 1 aromatic rings. The summed E-state index contributed by atoms with van der Waals surface area (Å²) in [4.78, 5) is 51.5. The number of aromatic nitrogens is 1. The van der Waals surface area contributed by atoms with Crippen LogP contribution in [0.2, 0.25) is 0 Å². The molecule has 2 rings (SSSR count). The van der Waals surface area contributed by atoms with Gasteiger partial charge in [0.15, 0.2) is 0 Å². The van der Waals surface area contributed by atoms with Crippen LogP contribution in [-0.4, -0.2) is 66.1 Å². The van der Waals surface area contributed by atoms with E-state index in [1.165, 1.54) is 42.6 Å². The fourth-order valence-electron chi connectivity index (χ4n) is 2.59. The highest BCUT2D eigenvalue weighted by molar-refractivity contribution is 5.95. The molecule has 140 valence electrons. The summed E-state index contributed by atoms with van der Waals surface area (Å²) >= 11 is 0. The van der Waals surface area contributed by atoms with Crippen LogP contribution in [0.1, 0.15) is 46.5 Å². The Kier molecular flexibility index (Phi) is 6.65. The van der Waals surface area contributed by atoms with E-state index in [9.17, 15) is 19.2 Å². The minimum Gasteiger partial charge on any atom is -0.469 e. The Morgan fingerprint density at radius 3 is 2.38 bits per heavy atom. The second kappa shape index (κ2) is 8.93. The molecule has 9 nitrogen and oxygen atoms in total. The van der Waals surface area contributed by atoms with Crippen LogP contribution in [0, 0.1) is 0 Å². The van der Waals surface area contributed by atoms with Gasteiger partial charge in [-0.2, -0.15) is 0 Å². The van der Waals surface area contributed by atoms with E-state index in [2.05, 4.69) is 14.5 Å². The Bertz CT molecular complexity index is 688. The molecule has 0 aliphatic carbocycles. The average molecular weight is 363 g/mol. The first kappa shape index (κ1) is 19.4. The van der Waals surface area contributed by atoms with Crippen molar-refractivity contribution in [2.45, 2.75) is 25.7 Å². The predicted molar refractivity (Wildman–Crippen MR) is 88.8 cm³/mol. The van der Waals surface area contributed by atoms with Gasteiger partial charge in [0, 0.05) is 32.1 Å². The number of hydrogen-bond acceptors (Lipinski definition) is 7. The molecule has 0 atom stereocenters. The normalized spacial score (nSPS) is 13.5. The average Bonchev–Trinajstić information content (AvgIpc) is 3.16. The maximum atomic E-state index is 12.6. The van der Waals surface area contributed by atoms with Crippen molar-refractivity contribution in [1.29, 1.82) is 0 Å². The maximum absolute atomic E-state index is 12.6. The summed E-state index contributed by atoms with van der Waals surface area (Å²) in [5.74, 6) is -1.56.